The highest BCUT2D eigenvalue weighted by Crippen LogP contribution is 2.40. The molecule has 0 aliphatic carbocycles. The zero-order valence-corrected chi connectivity index (χ0v) is 14.0. The lowest BCUT2D eigenvalue weighted by atomic mass is 10.1. The molecule has 3 aromatic rings. The van der Waals surface area contributed by atoms with Crippen molar-refractivity contribution in [1.29, 1.82) is 0 Å². The molecule has 2 aromatic heterocycles. The Morgan fingerprint density at radius 1 is 1.08 bits per heavy atom. The van der Waals surface area contributed by atoms with Crippen LogP contribution in [-0.2, 0) is 13.1 Å². The van der Waals surface area contributed by atoms with Crippen molar-refractivity contribution in [2.75, 3.05) is 20.3 Å². The third-order valence-corrected chi connectivity index (χ3v) is 4.08. The molecule has 1 aromatic carbocycles. The number of aromatic nitrogens is 5. The summed E-state index contributed by atoms with van der Waals surface area (Å²) < 4.78 is 20.8. The van der Waals surface area contributed by atoms with E-state index in [2.05, 4.69) is 19.9 Å². The standard InChI is InChI=1S/C17H19N5O3/c1-23-14-12-16-15(24-9-10-25-16)11-13(14)17-18-3-7-21(17)5-2-6-22-8-4-19-20-22/h3-4,7-8,11-12H,2,5-6,9-10H2,1H3. The van der Waals surface area contributed by atoms with Crippen LogP contribution in [0.1, 0.15) is 6.42 Å². The van der Waals surface area contributed by atoms with E-state index in [-0.39, 0.29) is 0 Å². The molecular weight excluding hydrogens is 322 g/mol. The van der Waals surface area contributed by atoms with Crippen molar-refractivity contribution in [3.05, 3.63) is 36.9 Å². The van der Waals surface area contributed by atoms with E-state index < -0.39 is 0 Å². The second-order valence-corrected chi connectivity index (χ2v) is 5.66. The molecule has 1 aliphatic rings. The molecule has 25 heavy (non-hydrogen) atoms. The molecule has 0 amide bonds. The molecule has 0 N–H and O–H groups in total. The van der Waals surface area contributed by atoms with Gasteiger partial charge in [-0.05, 0) is 12.5 Å². The lowest BCUT2D eigenvalue weighted by Gasteiger charge is -2.21. The molecule has 0 atom stereocenters. The molecular formula is C17H19N5O3. The van der Waals surface area contributed by atoms with Gasteiger partial charge < -0.3 is 18.8 Å². The molecule has 0 fully saturated rings. The Hall–Kier alpha value is -3.03. The molecule has 0 radical (unpaired) electrons. The van der Waals surface area contributed by atoms with E-state index in [9.17, 15) is 0 Å². The first-order valence-electron chi connectivity index (χ1n) is 8.18. The molecule has 130 valence electrons. The Kier molecular flexibility index (Phi) is 4.24. The maximum atomic E-state index is 5.70. The van der Waals surface area contributed by atoms with Gasteiger partial charge in [0.1, 0.15) is 24.8 Å². The summed E-state index contributed by atoms with van der Waals surface area (Å²) in [5.41, 5.74) is 0.887. The van der Waals surface area contributed by atoms with Crippen molar-refractivity contribution >= 4 is 0 Å². The van der Waals surface area contributed by atoms with Gasteiger partial charge in [-0.1, -0.05) is 5.21 Å². The number of hydrogen-bond donors (Lipinski definition) is 0. The van der Waals surface area contributed by atoms with Crippen LogP contribution in [0.4, 0.5) is 0 Å². The predicted octanol–water partition coefficient (Wildman–Crippen LogP) is 2.01. The van der Waals surface area contributed by atoms with Gasteiger partial charge in [0.25, 0.3) is 0 Å². The molecule has 3 heterocycles. The molecule has 1 aliphatic heterocycles. The minimum absolute atomic E-state index is 0.547. The van der Waals surface area contributed by atoms with Crippen molar-refractivity contribution in [2.24, 2.45) is 0 Å². The van der Waals surface area contributed by atoms with E-state index in [1.54, 1.807) is 19.5 Å². The van der Waals surface area contributed by atoms with Crippen molar-refractivity contribution in [3.8, 4) is 28.6 Å². The Balaban J connectivity index is 1.58. The SMILES string of the molecule is COc1cc2c(cc1-c1nccn1CCCn1ccnn1)OCCO2. The average Bonchev–Trinajstić information content (AvgIpc) is 3.32. The molecule has 0 spiro atoms. The van der Waals surface area contributed by atoms with Crippen LogP contribution in [0, 0.1) is 0 Å². The third kappa shape index (κ3) is 3.15. The lowest BCUT2D eigenvalue weighted by Crippen LogP contribution is -2.15. The minimum Gasteiger partial charge on any atom is -0.496 e. The van der Waals surface area contributed by atoms with Crippen LogP contribution in [0.5, 0.6) is 17.2 Å². The topological polar surface area (TPSA) is 76.2 Å². The first-order chi connectivity index (χ1) is 12.3. The number of imidazole rings is 1. The van der Waals surface area contributed by atoms with Crippen LogP contribution in [0.25, 0.3) is 11.4 Å². The highest BCUT2D eigenvalue weighted by atomic mass is 16.6. The Labute approximate surface area is 145 Å². The van der Waals surface area contributed by atoms with Gasteiger partial charge in [0, 0.05) is 37.7 Å². The van der Waals surface area contributed by atoms with Crippen molar-refractivity contribution in [3.63, 3.8) is 0 Å². The second-order valence-electron chi connectivity index (χ2n) is 5.66. The van der Waals surface area contributed by atoms with Gasteiger partial charge >= 0.3 is 0 Å². The van der Waals surface area contributed by atoms with Crippen LogP contribution < -0.4 is 14.2 Å². The fraction of sp³-hybridized carbons (Fsp3) is 0.353. The smallest absolute Gasteiger partial charge is 0.165 e. The Morgan fingerprint density at radius 3 is 2.68 bits per heavy atom. The Bertz CT molecular complexity index is 844. The number of nitrogens with zero attached hydrogens (tertiary/aromatic N) is 5. The number of fused-ring (bicyclic) bond motifs is 1. The van der Waals surface area contributed by atoms with Gasteiger partial charge in [-0.25, -0.2) is 4.98 Å². The quantitative estimate of drug-likeness (QED) is 0.683. The van der Waals surface area contributed by atoms with Crippen molar-refractivity contribution in [1.82, 2.24) is 24.5 Å². The molecule has 8 nitrogen and oxygen atoms in total. The largest absolute Gasteiger partial charge is 0.496 e. The van der Waals surface area contributed by atoms with Gasteiger partial charge in [-0.2, -0.15) is 0 Å². The van der Waals surface area contributed by atoms with E-state index in [4.69, 9.17) is 14.2 Å². The summed E-state index contributed by atoms with van der Waals surface area (Å²) >= 11 is 0. The summed E-state index contributed by atoms with van der Waals surface area (Å²) in [6, 6.07) is 3.79. The zero-order valence-electron chi connectivity index (χ0n) is 14.0. The van der Waals surface area contributed by atoms with Gasteiger partial charge in [0.15, 0.2) is 11.5 Å². The van der Waals surface area contributed by atoms with E-state index >= 15 is 0 Å². The summed E-state index contributed by atoms with van der Waals surface area (Å²) in [5.74, 6) is 2.98. The number of methoxy groups -OCH3 is 1. The summed E-state index contributed by atoms with van der Waals surface area (Å²) in [6.07, 6.45) is 8.22. The van der Waals surface area contributed by atoms with Crippen LogP contribution in [0.15, 0.2) is 36.9 Å². The number of benzene rings is 1. The number of hydrogen-bond acceptors (Lipinski definition) is 6. The third-order valence-electron chi connectivity index (χ3n) is 4.08. The fourth-order valence-electron chi connectivity index (χ4n) is 2.90. The van der Waals surface area contributed by atoms with Gasteiger partial charge in [-0.15, -0.1) is 5.10 Å². The zero-order chi connectivity index (χ0) is 17.1. The normalized spacial score (nSPS) is 13.0. The molecule has 4 rings (SSSR count). The maximum Gasteiger partial charge on any atom is 0.165 e. The molecule has 8 heteroatoms. The highest BCUT2D eigenvalue weighted by Gasteiger charge is 2.19. The number of rotatable bonds is 6. The molecule has 0 saturated carbocycles. The summed E-state index contributed by atoms with van der Waals surface area (Å²) in [7, 11) is 1.65. The first-order valence-corrected chi connectivity index (χ1v) is 8.18. The van der Waals surface area contributed by atoms with Crippen molar-refractivity contribution < 1.29 is 14.2 Å². The van der Waals surface area contributed by atoms with E-state index in [1.807, 2.05) is 29.2 Å². The summed E-state index contributed by atoms with van der Waals surface area (Å²) in [4.78, 5) is 4.51. The first kappa shape index (κ1) is 15.5. The number of aryl methyl sites for hydroxylation is 2. The van der Waals surface area contributed by atoms with E-state index in [0.29, 0.717) is 24.7 Å². The Morgan fingerprint density at radius 2 is 1.92 bits per heavy atom. The molecule has 0 unspecified atom stereocenters. The van der Waals surface area contributed by atoms with Crippen LogP contribution in [0.3, 0.4) is 0 Å². The molecule has 0 bridgehead atoms. The second kappa shape index (κ2) is 6.84. The predicted molar refractivity (Wildman–Crippen MR) is 89.8 cm³/mol. The summed E-state index contributed by atoms with van der Waals surface area (Å²) in [6.45, 7) is 2.71. The van der Waals surface area contributed by atoms with Gasteiger partial charge in [0.05, 0.1) is 18.9 Å². The maximum absolute atomic E-state index is 5.70. The van der Waals surface area contributed by atoms with E-state index in [1.165, 1.54) is 0 Å². The summed E-state index contributed by atoms with van der Waals surface area (Å²) in [5, 5.41) is 7.80. The number of ether oxygens (including phenoxy) is 3. The fourth-order valence-corrected chi connectivity index (χ4v) is 2.90. The van der Waals surface area contributed by atoms with Crippen LogP contribution in [0.2, 0.25) is 0 Å². The van der Waals surface area contributed by atoms with Crippen LogP contribution in [-0.4, -0.2) is 44.9 Å². The minimum atomic E-state index is 0.547. The highest BCUT2D eigenvalue weighted by molar-refractivity contribution is 5.70. The van der Waals surface area contributed by atoms with Crippen LogP contribution >= 0.6 is 0 Å². The molecule has 0 saturated heterocycles. The van der Waals surface area contributed by atoms with E-state index in [0.717, 1.165) is 36.6 Å². The monoisotopic (exact) mass is 341 g/mol. The average molecular weight is 341 g/mol. The van der Waals surface area contributed by atoms with Gasteiger partial charge in [-0.3, -0.25) is 4.68 Å². The lowest BCUT2D eigenvalue weighted by molar-refractivity contribution is 0.171. The van der Waals surface area contributed by atoms with Crippen molar-refractivity contribution in [2.45, 2.75) is 19.5 Å². The van der Waals surface area contributed by atoms with Gasteiger partial charge in [0.2, 0.25) is 0 Å².